The van der Waals surface area contributed by atoms with E-state index in [-0.39, 0.29) is 12.4 Å². The van der Waals surface area contributed by atoms with Gasteiger partial charge in [0, 0.05) is 12.5 Å². The molecule has 1 heterocycles. The first-order valence-corrected chi connectivity index (χ1v) is 5.07. The Morgan fingerprint density at radius 2 is 2.12 bits per heavy atom. The minimum Gasteiger partial charge on any atom is -0.497 e. The third-order valence-electron chi connectivity index (χ3n) is 2.59. The predicted molar refractivity (Wildman–Crippen MR) is 62.5 cm³/mol. The third kappa shape index (κ3) is 1.97. The van der Waals surface area contributed by atoms with E-state index in [4.69, 9.17) is 14.6 Å². The van der Waals surface area contributed by atoms with Crippen LogP contribution in [0.3, 0.4) is 0 Å². The van der Waals surface area contributed by atoms with Crippen molar-refractivity contribution in [2.45, 2.75) is 6.73 Å². The molecular formula is C12H13NO4. The Kier molecular flexibility index (Phi) is 3.01. The van der Waals surface area contributed by atoms with E-state index in [0.717, 1.165) is 10.9 Å². The molecule has 2 rings (SSSR count). The Hall–Kier alpha value is -2.01. The number of benzene rings is 1. The van der Waals surface area contributed by atoms with Crippen LogP contribution in [0, 0.1) is 0 Å². The molecule has 1 aromatic carbocycles. The fourth-order valence-corrected chi connectivity index (χ4v) is 1.82. The van der Waals surface area contributed by atoms with Crippen molar-refractivity contribution in [2.24, 2.45) is 0 Å². The zero-order valence-electron chi connectivity index (χ0n) is 9.64. The van der Waals surface area contributed by atoms with Crippen LogP contribution in [0.2, 0.25) is 0 Å². The van der Waals surface area contributed by atoms with Crippen LogP contribution in [-0.2, 0) is 11.5 Å². The van der Waals surface area contributed by atoms with Crippen molar-refractivity contribution in [3.8, 4) is 5.75 Å². The number of carbonyl (C=O) groups is 1. The Labute approximate surface area is 98.2 Å². The van der Waals surface area contributed by atoms with Crippen molar-refractivity contribution >= 4 is 16.9 Å². The fraction of sp³-hybridized carbons (Fsp3) is 0.250. The van der Waals surface area contributed by atoms with E-state index in [1.54, 1.807) is 29.9 Å². The number of carboxylic acid groups (broad SMARTS) is 1. The molecule has 2 aromatic rings. The van der Waals surface area contributed by atoms with Gasteiger partial charge in [-0.2, -0.15) is 0 Å². The molecule has 90 valence electrons. The summed E-state index contributed by atoms with van der Waals surface area (Å²) in [6.45, 7) is 0.206. The lowest BCUT2D eigenvalue weighted by Crippen LogP contribution is -2.09. The minimum atomic E-state index is -0.975. The summed E-state index contributed by atoms with van der Waals surface area (Å²) in [6.07, 6.45) is 0. The van der Waals surface area contributed by atoms with E-state index < -0.39 is 5.97 Å². The molecule has 0 amide bonds. The van der Waals surface area contributed by atoms with E-state index in [1.165, 1.54) is 7.11 Å². The second-order valence-corrected chi connectivity index (χ2v) is 3.61. The highest BCUT2D eigenvalue weighted by molar-refractivity contribution is 5.95. The molecule has 0 atom stereocenters. The maximum absolute atomic E-state index is 11.1. The van der Waals surface area contributed by atoms with Crippen LogP contribution in [0.1, 0.15) is 10.5 Å². The first-order chi connectivity index (χ1) is 8.17. The lowest BCUT2D eigenvalue weighted by atomic mass is 10.2. The number of carboxylic acids is 1. The lowest BCUT2D eigenvalue weighted by molar-refractivity contribution is 0.0664. The molecule has 0 bridgehead atoms. The van der Waals surface area contributed by atoms with Crippen LogP contribution in [-0.4, -0.2) is 29.9 Å². The van der Waals surface area contributed by atoms with Gasteiger partial charge in [0.15, 0.2) is 0 Å². The van der Waals surface area contributed by atoms with Gasteiger partial charge in [-0.15, -0.1) is 0 Å². The maximum atomic E-state index is 11.1. The molecule has 1 N–H and O–H groups in total. The first kappa shape index (κ1) is 11.5. The van der Waals surface area contributed by atoms with E-state index in [0.29, 0.717) is 5.75 Å². The average molecular weight is 235 g/mol. The summed E-state index contributed by atoms with van der Waals surface area (Å²) in [6, 6.07) is 7.02. The number of hydrogen-bond donors (Lipinski definition) is 1. The van der Waals surface area contributed by atoms with E-state index in [9.17, 15) is 4.79 Å². The quantitative estimate of drug-likeness (QED) is 0.879. The number of rotatable bonds is 4. The number of fused-ring (bicyclic) bond motifs is 1. The zero-order valence-corrected chi connectivity index (χ0v) is 9.64. The Morgan fingerprint density at radius 3 is 2.71 bits per heavy atom. The van der Waals surface area contributed by atoms with E-state index in [2.05, 4.69) is 0 Å². The summed E-state index contributed by atoms with van der Waals surface area (Å²) < 4.78 is 11.7. The topological polar surface area (TPSA) is 60.7 Å². The zero-order chi connectivity index (χ0) is 12.4. The van der Waals surface area contributed by atoms with Gasteiger partial charge in [-0.25, -0.2) is 4.79 Å². The molecule has 5 nitrogen and oxygen atoms in total. The monoisotopic (exact) mass is 235 g/mol. The van der Waals surface area contributed by atoms with Crippen molar-refractivity contribution in [2.75, 3.05) is 14.2 Å². The molecule has 0 fully saturated rings. The molecular weight excluding hydrogens is 222 g/mol. The van der Waals surface area contributed by atoms with Gasteiger partial charge in [-0.1, -0.05) is 0 Å². The van der Waals surface area contributed by atoms with Crippen LogP contribution in [0.5, 0.6) is 5.75 Å². The van der Waals surface area contributed by atoms with Crippen LogP contribution in [0.25, 0.3) is 10.9 Å². The summed E-state index contributed by atoms with van der Waals surface area (Å²) >= 11 is 0. The van der Waals surface area contributed by atoms with Gasteiger partial charge in [0.05, 0.1) is 12.6 Å². The highest BCUT2D eigenvalue weighted by atomic mass is 16.5. The number of hydrogen-bond acceptors (Lipinski definition) is 3. The van der Waals surface area contributed by atoms with Gasteiger partial charge in [0.25, 0.3) is 0 Å². The van der Waals surface area contributed by atoms with Crippen LogP contribution < -0.4 is 4.74 Å². The molecule has 0 unspecified atom stereocenters. The fourth-order valence-electron chi connectivity index (χ4n) is 1.82. The summed E-state index contributed by atoms with van der Waals surface area (Å²) in [5, 5.41) is 9.93. The lowest BCUT2D eigenvalue weighted by Gasteiger charge is -2.06. The normalized spacial score (nSPS) is 10.7. The molecule has 0 aliphatic carbocycles. The molecule has 5 heteroatoms. The Bertz CT molecular complexity index is 559. The SMILES string of the molecule is COCn1c(C(=O)O)cc2cc(OC)ccc21. The molecule has 17 heavy (non-hydrogen) atoms. The maximum Gasteiger partial charge on any atom is 0.352 e. The van der Waals surface area contributed by atoms with Gasteiger partial charge >= 0.3 is 5.97 Å². The average Bonchev–Trinajstić information content (AvgIpc) is 2.68. The summed E-state index contributed by atoms with van der Waals surface area (Å²) in [5.41, 5.74) is 1.01. The highest BCUT2D eigenvalue weighted by Gasteiger charge is 2.14. The van der Waals surface area contributed by atoms with Gasteiger partial charge in [-0.05, 0) is 24.3 Å². The van der Waals surface area contributed by atoms with Crippen molar-refractivity contribution < 1.29 is 19.4 Å². The van der Waals surface area contributed by atoms with Crippen LogP contribution in [0.4, 0.5) is 0 Å². The predicted octanol–water partition coefficient (Wildman–Crippen LogP) is 1.95. The van der Waals surface area contributed by atoms with Crippen LogP contribution in [0.15, 0.2) is 24.3 Å². The van der Waals surface area contributed by atoms with Crippen LogP contribution >= 0.6 is 0 Å². The second kappa shape index (κ2) is 4.47. The summed E-state index contributed by atoms with van der Waals surface area (Å²) in [4.78, 5) is 11.1. The van der Waals surface area contributed by atoms with Gasteiger partial charge < -0.3 is 19.1 Å². The number of nitrogens with zero attached hydrogens (tertiary/aromatic N) is 1. The Balaban J connectivity index is 2.65. The molecule has 1 aromatic heterocycles. The van der Waals surface area contributed by atoms with Gasteiger partial charge in [0.2, 0.25) is 0 Å². The molecule has 0 aliphatic rings. The van der Waals surface area contributed by atoms with Gasteiger partial charge in [0.1, 0.15) is 18.2 Å². The van der Waals surface area contributed by atoms with E-state index in [1.807, 2.05) is 6.07 Å². The largest absolute Gasteiger partial charge is 0.497 e. The smallest absolute Gasteiger partial charge is 0.352 e. The Morgan fingerprint density at radius 1 is 1.35 bits per heavy atom. The number of aromatic nitrogens is 1. The standard InChI is InChI=1S/C12H13NO4/c1-16-7-13-10-4-3-9(17-2)5-8(10)6-11(13)12(14)15/h3-6H,7H2,1-2H3,(H,14,15). The van der Waals surface area contributed by atoms with Crippen molar-refractivity contribution in [1.82, 2.24) is 4.57 Å². The number of aromatic carboxylic acids is 1. The summed E-state index contributed by atoms with van der Waals surface area (Å²) in [5.74, 6) is -0.277. The molecule has 0 spiro atoms. The van der Waals surface area contributed by atoms with Gasteiger partial charge in [-0.3, -0.25) is 0 Å². The second-order valence-electron chi connectivity index (χ2n) is 3.61. The molecule has 0 aliphatic heterocycles. The van der Waals surface area contributed by atoms with Crippen molar-refractivity contribution in [1.29, 1.82) is 0 Å². The first-order valence-electron chi connectivity index (χ1n) is 5.07. The summed E-state index contributed by atoms with van der Waals surface area (Å²) in [7, 11) is 3.10. The van der Waals surface area contributed by atoms with Crippen molar-refractivity contribution in [3.63, 3.8) is 0 Å². The van der Waals surface area contributed by atoms with Crippen molar-refractivity contribution in [3.05, 3.63) is 30.0 Å². The highest BCUT2D eigenvalue weighted by Crippen LogP contribution is 2.24. The minimum absolute atomic E-state index is 0.204. The van der Waals surface area contributed by atoms with E-state index >= 15 is 0 Å². The number of ether oxygens (including phenoxy) is 2. The molecule has 0 radical (unpaired) electrons. The molecule has 0 saturated heterocycles. The number of methoxy groups -OCH3 is 2. The third-order valence-corrected chi connectivity index (χ3v) is 2.59. The molecule has 0 saturated carbocycles.